The van der Waals surface area contributed by atoms with Gasteiger partial charge < -0.3 is 4.74 Å². The molecule has 1 atom stereocenters. The number of amides is 4. The summed E-state index contributed by atoms with van der Waals surface area (Å²) in [6.07, 6.45) is 1.28. The SMILES string of the molecule is COc1ccccc1CN=C[C@@H]1C(=O)NC(=O)N(c2cccc(C)c2)C1=O. The van der Waals surface area contributed by atoms with E-state index in [9.17, 15) is 14.4 Å². The number of nitrogens with zero attached hydrogens (tertiary/aromatic N) is 2. The molecule has 0 radical (unpaired) electrons. The van der Waals surface area contributed by atoms with Gasteiger partial charge in [0, 0.05) is 11.8 Å². The Kier molecular flexibility index (Phi) is 5.30. The number of carbonyl (C=O) groups is 3. The molecule has 2 aromatic rings. The molecule has 2 aromatic carbocycles. The molecule has 4 amide bonds. The fourth-order valence-corrected chi connectivity index (χ4v) is 2.82. The Morgan fingerprint density at radius 2 is 1.93 bits per heavy atom. The van der Waals surface area contributed by atoms with Crippen LogP contribution in [-0.2, 0) is 16.1 Å². The van der Waals surface area contributed by atoms with Crippen LogP contribution in [0.4, 0.5) is 10.5 Å². The zero-order chi connectivity index (χ0) is 19.4. The van der Waals surface area contributed by atoms with E-state index in [-0.39, 0.29) is 6.54 Å². The Bertz CT molecular complexity index is 923. The van der Waals surface area contributed by atoms with E-state index in [2.05, 4.69) is 10.3 Å². The molecule has 1 fully saturated rings. The van der Waals surface area contributed by atoms with Crippen LogP contribution in [0.5, 0.6) is 5.75 Å². The average Bonchev–Trinajstić information content (AvgIpc) is 2.64. The van der Waals surface area contributed by atoms with Crippen LogP contribution < -0.4 is 15.0 Å². The summed E-state index contributed by atoms with van der Waals surface area (Å²) in [5, 5.41) is 2.21. The number of urea groups is 1. The minimum Gasteiger partial charge on any atom is -0.496 e. The molecule has 0 unspecified atom stereocenters. The van der Waals surface area contributed by atoms with Gasteiger partial charge >= 0.3 is 6.03 Å². The lowest BCUT2D eigenvalue weighted by Gasteiger charge is -2.28. The van der Waals surface area contributed by atoms with Crippen LogP contribution in [0.25, 0.3) is 0 Å². The first-order valence-electron chi connectivity index (χ1n) is 8.38. The van der Waals surface area contributed by atoms with Crippen molar-refractivity contribution in [1.82, 2.24) is 5.32 Å². The number of hydrogen-bond donors (Lipinski definition) is 1. The van der Waals surface area contributed by atoms with Crippen molar-refractivity contribution in [2.75, 3.05) is 12.0 Å². The molecular weight excluding hydrogens is 346 g/mol. The number of rotatable bonds is 5. The van der Waals surface area contributed by atoms with Crippen LogP contribution >= 0.6 is 0 Å². The van der Waals surface area contributed by atoms with Gasteiger partial charge in [-0.2, -0.15) is 0 Å². The second-order valence-corrected chi connectivity index (χ2v) is 6.09. The number of methoxy groups -OCH3 is 1. The first-order chi connectivity index (χ1) is 13.0. The van der Waals surface area contributed by atoms with E-state index in [1.54, 1.807) is 25.3 Å². The molecule has 0 spiro atoms. The molecule has 1 N–H and O–H groups in total. The first-order valence-corrected chi connectivity index (χ1v) is 8.38. The number of aliphatic imine (C=N–C) groups is 1. The van der Waals surface area contributed by atoms with Crippen LogP contribution in [0.1, 0.15) is 11.1 Å². The molecule has 1 aliphatic heterocycles. The summed E-state index contributed by atoms with van der Waals surface area (Å²) in [7, 11) is 1.56. The second kappa shape index (κ2) is 7.82. The van der Waals surface area contributed by atoms with E-state index in [4.69, 9.17) is 4.74 Å². The van der Waals surface area contributed by atoms with E-state index < -0.39 is 23.8 Å². The Morgan fingerprint density at radius 3 is 2.67 bits per heavy atom. The number of benzene rings is 2. The molecule has 27 heavy (non-hydrogen) atoms. The van der Waals surface area contributed by atoms with Gasteiger partial charge in [0.05, 0.1) is 19.3 Å². The van der Waals surface area contributed by atoms with Crippen LogP contribution in [-0.4, -0.2) is 31.2 Å². The summed E-state index contributed by atoms with van der Waals surface area (Å²) < 4.78 is 5.26. The molecule has 3 rings (SSSR count). The lowest BCUT2D eigenvalue weighted by Crippen LogP contribution is -2.58. The van der Waals surface area contributed by atoms with E-state index in [1.807, 2.05) is 37.3 Å². The normalized spacial score (nSPS) is 17.3. The summed E-state index contributed by atoms with van der Waals surface area (Å²) in [6.45, 7) is 2.10. The fourth-order valence-electron chi connectivity index (χ4n) is 2.82. The molecule has 7 heteroatoms. The van der Waals surface area contributed by atoms with Gasteiger partial charge in [0.2, 0.25) is 5.91 Å². The summed E-state index contributed by atoms with van der Waals surface area (Å²) >= 11 is 0. The lowest BCUT2D eigenvalue weighted by atomic mass is 10.1. The number of para-hydroxylation sites is 1. The zero-order valence-corrected chi connectivity index (χ0v) is 15.0. The highest BCUT2D eigenvalue weighted by Crippen LogP contribution is 2.22. The summed E-state index contributed by atoms with van der Waals surface area (Å²) in [5.41, 5.74) is 2.13. The van der Waals surface area contributed by atoms with Gasteiger partial charge in [0.15, 0.2) is 5.92 Å². The molecule has 1 heterocycles. The molecule has 138 valence electrons. The van der Waals surface area contributed by atoms with Gasteiger partial charge in [0.25, 0.3) is 5.91 Å². The number of imide groups is 2. The third-order valence-electron chi connectivity index (χ3n) is 4.17. The quantitative estimate of drug-likeness (QED) is 0.651. The highest BCUT2D eigenvalue weighted by Gasteiger charge is 2.40. The Labute approximate surface area is 156 Å². The van der Waals surface area contributed by atoms with Gasteiger partial charge in [-0.3, -0.25) is 19.9 Å². The molecule has 7 nitrogen and oxygen atoms in total. The maximum absolute atomic E-state index is 12.8. The van der Waals surface area contributed by atoms with E-state index in [0.717, 1.165) is 16.0 Å². The van der Waals surface area contributed by atoms with Crippen molar-refractivity contribution in [3.05, 3.63) is 59.7 Å². The van der Waals surface area contributed by atoms with Gasteiger partial charge in [0.1, 0.15) is 5.75 Å². The predicted molar refractivity (Wildman–Crippen MR) is 101 cm³/mol. The minimum absolute atomic E-state index is 0.249. The number of hydrogen-bond acceptors (Lipinski definition) is 5. The smallest absolute Gasteiger partial charge is 0.335 e. The van der Waals surface area contributed by atoms with E-state index >= 15 is 0 Å². The maximum Gasteiger partial charge on any atom is 0.335 e. The highest BCUT2D eigenvalue weighted by atomic mass is 16.5. The van der Waals surface area contributed by atoms with Crippen LogP contribution in [0.2, 0.25) is 0 Å². The standard InChI is InChI=1S/C20H19N3O4/c1-13-6-5-8-15(10-13)23-19(25)16(18(24)22-20(23)26)12-21-11-14-7-3-4-9-17(14)27-2/h3-10,12,16H,11H2,1-2H3,(H,22,24,26)/t16-/m1/s1. The molecule has 1 saturated heterocycles. The maximum atomic E-state index is 12.8. The lowest BCUT2D eigenvalue weighted by molar-refractivity contribution is -0.131. The molecule has 1 aliphatic rings. The van der Waals surface area contributed by atoms with Crippen molar-refractivity contribution in [2.24, 2.45) is 10.9 Å². The molecule has 0 saturated carbocycles. The van der Waals surface area contributed by atoms with Crippen molar-refractivity contribution in [2.45, 2.75) is 13.5 Å². The van der Waals surface area contributed by atoms with E-state index in [1.165, 1.54) is 6.21 Å². The van der Waals surface area contributed by atoms with Gasteiger partial charge in [-0.25, -0.2) is 9.69 Å². The average molecular weight is 365 g/mol. The van der Waals surface area contributed by atoms with Crippen molar-refractivity contribution < 1.29 is 19.1 Å². The summed E-state index contributed by atoms with van der Waals surface area (Å²) in [5.74, 6) is -1.81. The van der Waals surface area contributed by atoms with Crippen LogP contribution in [0, 0.1) is 12.8 Å². The predicted octanol–water partition coefficient (Wildman–Crippen LogP) is 2.47. The Balaban J connectivity index is 1.81. The molecule has 0 aromatic heterocycles. The first kappa shape index (κ1) is 18.3. The second-order valence-electron chi connectivity index (χ2n) is 6.09. The number of anilines is 1. The fraction of sp³-hybridized carbons (Fsp3) is 0.200. The number of carbonyl (C=O) groups excluding carboxylic acids is 3. The van der Waals surface area contributed by atoms with E-state index in [0.29, 0.717) is 11.4 Å². The van der Waals surface area contributed by atoms with Crippen LogP contribution in [0.3, 0.4) is 0 Å². The topological polar surface area (TPSA) is 88.1 Å². The minimum atomic E-state index is -1.17. The van der Waals surface area contributed by atoms with Crippen molar-refractivity contribution >= 4 is 29.7 Å². The number of barbiturate groups is 1. The monoisotopic (exact) mass is 365 g/mol. The van der Waals surface area contributed by atoms with Gasteiger partial charge in [-0.15, -0.1) is 0 Å². The van der Waals surface area contributed by atoms with Crippen molar-refractivity contribution in [1.29, 1.82) is 0 Å². The largest absolute Gasteiger partial charge is 0.496 e. The third kappa shape index (κ3) is 3.87. The summed E-state index contributed by atoms with van der Waals surface area (Å²) in [4.78, 5) is 42.2. The zero-order valence-electron chi connectivity index (χ0n) is 15.0. The number of nitrogens with one attached hydrogen (secondary N) is 1. The molecule has 0 aliphatic carbocycles. The number of ether oxygens (including phenoxy) is 1. The molecule has 0 bridgehead atoms. The van der Waals surface area contributed by atoms with Crippen LogP contribution in [0.15, 0.2) is 53.5 Å². The van der Waals surface area contributed by atoms with Crippen molar-refractivity contribution in [3.8, 4) is 5.75 Å². The van der Waals surface area contributed by atoms with Gasteiger partial charge in [-0.05, 0) is 30.7 Å². The Morgan fingerprint density at radius 1 is 1.15 bits per heavy atom. The third-order valence-corrected chi connectivity index (χ3v) is 4.17. The van der Waals surface area contributed by atoms with Crippen molar-refractivity contribution in [3.63, 3.8) is 0 Å². The number of aryl methyl sites for hydroxylation is 1. The highest BCUT2D eigenvalue weighted by molar-refractivity contribution is 6.32. The summed E-state index contributed by atoms with van der Waals surface area (Å²) in [6, 6.07) is 13.5. The Hall–Kier alpha value is -3.48. The van der Waals surface area contributed by atoms with Gasteiger partial charge in [-0.1, -0.05) is 30.3 Å². The molecular formula is C20H19N3O4.